The van der Waals surface area contributed by atoms with E-state index in [0.29, 0.717) is 25.8 Å². The fraction of sp³-hybridized carbons (Fsp3) is 0.556. The first-order valence-corrected chi connectivity index (χ1v) is 8.37. The highest BCUT2D eigenvalue weighted by atomic mass is 16.5. The third-order valence-corrected chi connectivity index (χ3v) is 4.86. The van der Waals surface area contributed by atoms with E-state index < -0.39 is 5.41 Å². The van der Waals surface area contributed by atoms with E-state index in [9.17, 15) is 9.59 Å². The summed E-state index contributed by atoms with van der Waals surface area (Å²) >= 11 is 0. The van der Waals surface area contributed by atoms with Gasteiger partial charge in [-0.1, -0.05) is 18.2 Å². The van der Waals surface area contributed by atoms with Crippen LogP contribution in [0.1, 0.15) is 31.2 Å². The van der Waals surface area contributed by atoms with Gasteiger partial charge in [-0.25, -0.2) is 0 Å². The molecule has 1 N–H and O–H groups in total. The standard InChI is InChI=1S/C18H24N2O3/c1-23-15-7-3-2-6-14(15)8-11-19-16(21)18(9-10-18)17(22)20-12-4-5-13-20/h2-3,6-7H,4-5,8-13H2,1H3,(H,19,21). The van der Waals surface area contributed by atoms with E-state index in [1.165, 1.54) is 0 Å². The Balaban J connectivity index is 1.54. The van der Waals surface area contributed by atoms with Crippen LogP contribution in [0.5, 0.6) is 5.75 Å². The molecule has 2 aliphatic rings. The number of hydrogen-bond acceptors (Lipinski definition) is 3. The Kier molecular flexibility index (Phi) is 4.55. The number of carbonyl (C=O) groups excluding carboxylic acids is 2. The van der Waals surface area contributed by atoms with Gasteiger partial charge in [0.2, 0.25) is 11.8 Å². The second-order valence-electron chi connectivity index (χ2n) is 6.40. The second kappa shape index (κ2) is 6.60. The normalized spacial score (nSPS) is 18.6. The summed E-state index contributed by atoms with van der Waals surface area (Å²) in [7, 11) is 1.64. The molecule has 0 radical (unpaired) electrons. The molecule has 0 atom stereocenters. The molecule has 0 unspecified atom stereocenters. The number of hydrogen-bond donors (Lipinski definition) is 1. The molecule has 1 aliphatic carbocycles. The highest BCUT2D eigenvalue weighted by molar-refractivity contribution is 6.07. The number of methoxy groups -OCH3 is 1. The smallest absolute Gasteiger partial charge is 0.238 e. The molecule has 0 aromatic heterocycles. The molecule has 5 nitrogen and oxygen atoms in total. The quantitative estimate of drug-likeness (QED) is 0.814. The molecule has 2 fully saturated rings. The molecule has 124 valence electrons. The first-order chi connectivity index (χ1) is 11.2. The lowest BCUT2D eigenvalue weighted by atomic mass is 10.0. The van der Waals surface area contributed by atoms with Crippen LogP contribution in [0.2, 0.25) is 0 Å². The second-order valence-corrected chi connectivity index (χ2v) is 6.40. The lowest BCUT2D eigenvalue weighted by Crippen LogP contribution is -2.44. The summed E-state index contributed by atoms with van der Waals surface area (Å²) in [5.41, 5.74) is 0.288. The third-order valence-electron chi connectivity index (χ3n) is 4.86. The molecule has 5 heteroatoms. The Morgan fingerprint density at radius 3 is 2.57 bits per heavy atom. The first kappa shape index (κ1) is 15.8. The number of likely N-dealkylation sites (tertiary alicyclic amines) is 1. The van der Waals surface area contributed by atoms with Gasteiger partial charge in [-0.15, -0.1) is 0 Å². The van der Waals surface area contributed by atoms with Crippen molar-refractivity contribution in [2.45, 2.75) is 32.1 Å². The number of ether oxygens (including phenoxy) is 1. The van der Waals surface area contributed by atoms with Gasteiger partial charge in [0.25, 0.3) is 0 Å². The Morgan fingerprint density at radius 1 is 1.22 bits per heavy atom. The highest BCUT2D eigenvalue weighted by Crippen LogP contribution is 2.48. The SMILES string of the molecule is COc1ccccc1CCNC(=O)C1(C(=O)N2CCCC2)CC1. The Morgan fingerprint density at radius 2 is 1.91 bits per heavy atom. The lowest BCUT2D eigenvalue weighted by molar-refractivity contribution is -0.143. The molecular formula is C18H24N2O3. The fourth-order valence-corrected chi connectivity index (χ4v) is 3.28. The van der Waals surface area contributed by atoms with Crippen molar-refractivity contribution < 1.29 is 14.3 Å². The summed E-state index contributed by atoms with van der Waals surface area (Å²) in [6, 6.07) is 7.79. The van der Waals surface area contributed by atoms with E-state index >= 15 is 0 Å². The number of nitrogens with zero attached hydrogens (tertiary/aromatic N) is 1. The number of carbonyl (C=O) groups is 2. The molecule has 1 saturated heterocycles. The average molecular weight is 316 g/mol. The Hall–Kier alpha value is -2.04. The van der Waals surface area contributed by atoms with Crippen molar-refractivity contribution in [2.24, 2.45) is 5.41 Å². The van der Waals surface area contributed by atoms with Crippen LogP contribution in [-0.4, -0.2) is 43.5 Å². The summed E-state index contributed by atoms with van der Waals surface area (Å²) < 4.78 is 5.31. The highest BCUT2D eigenvalue weighted by Gasteiger charge is 2.57. The number of para-hydroxylation sites is 1. The minimum atomic E-state index is -0.773. The number of benzene rings is 1. The molecule has 1 aromatic rings. The van der Waals surface area contributed by atoms with Gasteiger partial charge >= 0.3 is 0 Å². The maximum atomic E-state index is 12.5. The summed E-state index contributed by atoms with van der Waals surface area (Å²) in [4.78, 5) is 26.9. The van der Waals surface area contributed by atoms with Crippen LogP contribution in [-0.2, 0) is 16.0 Å². The first-order valence-electron chi connectivity index (χ1n) is 8.37. The summed E-state index contributed by atoms with van der Waals surface area (Å²) in [5, 5.41) is 2.95. The largest absolute Gasteiger partial charge is 0.496 e. The van der Waals surface area contributed by atoms with Crippen LogP contribution in [0.3, 0.4) is 0 Å². The zero-order valence-corrected chi connectivity index (χ0v) is 13.6. The van der Waals surface area contributed by atoms with Crippen molar-refractivity contribution in [3.8, 4) is 5.75 Å². The van der Waals surface area contributed by atoms with Crippen molar-refractivity contribution in [2.75, 3.05) is 26.7 Å². The van der Waals surface area contributed by atoms with E-state index in [0.717, 1.165) is 37.2 Å². The van der Waals surface area contributed by atoms with Crippen molar-refractivity contribution in [3.05, 3.63) is 29.8 Å². The molecule has 1 saturated carbocycles. The number of rotatable bonds is 6. The van der Waals surface area contributed by atoms with Crippen LogP contribution in [0.25, 0.3) is 0 Å². The van der Waals surface area contributed by atoms with Gasteiger partial charge in [-0.05, 0) is 43.7 Å². The molecule has 0 spiro atoms. The fourth-order valence-electron chi connectivity index (χ4n) is 3.28. The van der Waals surface area contributed by atoms with E-state index in [-0.39, 0.29) is 11.8 Å². The van der Waals surface area contributed by atoms with Crippen molar-refractivity contribution in [1.82, 2.24) is 10.2 Å². The van der Waals surface area contributed by atoms with Crippen LogP contribution in [0.15, 0.2) is 24.3 Å². The predicted molar refractivity (Wildman–Crippen MR) is 87.2 cm³/mol. The van der Waals surface area contributed by atoms with Crippen LogP contribution in [0, 0.1) is 5.41 Å². The van der Waals surface area contributed by atoms with Crippen LogP contribution < -0.4 is 10.1 Å². The summed E-state index contributed by atoms with van der Waals surface area (Å²) in [5.74, 6) is 0.755. The van der Waals surface area contributed by atoms with Gasteiger partial charge in [0.05, 0.1) is 7.11 Å². The van der Waals surface area contributed by atoms with Gasteiger partial charge in [0, 0.05) is 19.6 Å². The van der Waals surface area contributed by atoms with Gasteiger partial charge in [-0.3, -0.25) is 9.59 Å². The third kappa shape index (κ3) is 3.19. The van der Waals surface area contributed by atoms with Crippen molar-refractivity contribution >= 4 is 11.8 Å². The zero-order valence-electron chi connectivity index (χ0n) is 13.6. The molecule has 3 rings (SSSR count). The number of nitrogens with one attached hydrogen (secondary N) is 1. The Labute approximate surface area is 137 Å². The Bertz CT molecular complexity index is 590. The minimum absolute atomic E-state index is 0.0322. The van der Waals surface area contributed by atoms with E-state index in [4.69, 9.17) is 4.74 Å². The van der Waals surface area contributed by atoms with E-state index in [2.05, 4.69) is 5.32 Å². The van der Waals surface area contributed by atoms with Gasteiger partial charge < -0.3 is 15.0 Å². The molecule has 23 heavy (non-hydrogen) atoms. The molecule has 1 aromatic carbocycles. The van der Waals surface area contributed by atoms with Crippen LogP contribution >= 0.6 is 0 Å². The monoisotopic (exact) mass is 316 g/mol. The maximum Gasteiger partial charge on any atom is 0.238 e. The van der Waals surface area contributed by atoms with Crippen molar-refractivity contribution in [3.63, 3.8) is 0 Å². The lowest BCUT2D eigenvalue weighted by Gasteiger charge is -2.22. The van der Waals surface area contributed by atoms with Crippen LogP contribution in [0.4, 0.5) is 0 Å². The van der Waals surface area contributed by atoms with Gasteiger partial charge in [0.15, 0.2) is 0 Å². The molecule has 1 aliphatic heterocycles. The zero-order chi connectivity index (χ0) is 16.3. The number of amides is 2. The minimum Gasteiger partial charge on any atom is -0.496 e. The molecule has 0 bridgehead atoms. The van der Waals surface area contributed by atoms with Crippen molar-refractivity contribution in [1.29, 1.82) is 0 Å². The summed E-state index contributed by atoms with van der Waals surface area (Å²) in [6.45, 7) is 2.12. The van der Waals surface area contributed by atoms with E-state index in [1.807, 2.05) is 29.2 Å². The average Bonchev–Trinajstić information content (AvgIpc) is 3.21. The summed E-state index contributed by atoms with van der Waals surface area (Å²) in [6.07, 6.45) is 4.17. The topological polar surface area (TPSA) is 58.6 Å². The molecule has 1 heterocycles. The molecule has 2 amide bonds. The molecular weight excluding hydrogens is 292 g/mol. The van der Waals surface area contributed by atoms with Gasteiger partial charge in [0.1, 0.15) is 11.2 Å². The van der Waals surface area contributed by atoms with Gasteiger partial charge in [-0.2, -0.15) is 0 Å². The van der Waals surface area contributed by atoms with E-state index in [1.54, 1.807) is 7.11 Å². The maximum absolute atomic E-state index is 12.5. The predicted octanol–water partition coefficient (Wildman–Crippen LogP) is 1.76.